The number of imidazole rings is 1. The maximum Gasteiger partial charge on any atom is 0.534 e. The van der Waals surface area contributed by atoms with E-state index in [1.165, 1.54) is 12.3 Å². The largest absolute Gasteiger partial charge is 0.534 e. The minimum Gasteiger partial charge on any atom is -0.372 e. The van der Waals surface area contributed by atoms with E-state index >= 15 is 0 Å². The molecule has 10 heteroatoms. The number of pyridine rings is 1. The monoisotopic (exact) mass is 338 g/mol. The summed E-state index contributed by atoms with van der Waals surface area (Å²) >= 11 is 0. The van der Waals surface area contributed by atoms with E-state index in [1.54, 1.807) is 10.6 Å². The predicted molar refractivity (Wildman–Crippen MR) is 73.8 cm³/mol. The lowest BCUT2D eigenvalue weighted by atomic mass is 10.4. The molecule has 0 fully saturated rings. The van der Waals surface area contributed by atoms with E-state index in [0.717, 1.165) is 11.4 Å². The average Bonchev–Trinajstić information content (AvgIpc) is 2.71. The number of hydrogen-bond acceptors (Lipinski definition) is 4. The molecular formula is C11H13F3N2O3SSi. The third-order valence-corrected chi connectivity index (χ3v) is 5.62. The van der Waals surface area contributed by atoms with Crippen LogP contribution in [0.4, 0.5) is 13.2 Å². The van der Waals surface area contributed by atoms with Gasteiger partial charge < -0.3 is 8.58 Å². The van der Waals surface area contributed by atoms with Crippen molar-refractivity contribution in [2.75, 3.05) is 0 Å². The first-order valence-corrected chi connectivity index (χ1v) is 10.8. The number of fused-ring (bicyclic) bond motifs is 1. The second kappa shape index (κ2) is 4.73. The highest BCUT2D eigenvalue weighted by Gasteiger charge is 2.48. The first kappa shape index (κ1) is 15.8. The van der Waals surface area contributed by atoms with Crippen LogP contribution in [0.25, 0.3) is 5.65 Å². The number of halogens is 3. The molecule has 0 radical (unpaired) electrons. The standard InChI is InChI=1S/C11H13F3N2O3SSi/c1-21(2,3)9-7-15-10-8(5-4-6-16(9)10)19-20(17,18)11(12,13)14/h4-7H,1-3H3. The van der Waals surface area contributed by atoms with E-state index in [1.807, 2.05) is 19.6 Å². The van der Waals surface area contributed by atoms with E-state index in [9.17, 15) is 21.6 Å². The van der Waals surface area contributed by atoms with Gasteiger partial charge in [0.2, 0.25) is 0 Å². The van der Waals surface area contributed by atoms with Crippen LogP contribution in [0.3, 0.4) is 0 Å². The van der Waals surface area contributed by atoms with Crippen molar-refractivity contribution in [1.29, 1.82) is 0 Å². The molecule has 5 nitrogen and oxygen atoms in total. The van der Waals surface area contributed by atoms with Crippen LogP contribution in [0.5, 0.6) is 5.75 Å². The fourth-order valence-electron chi connectivity index (χ4n) is 1.77. The van der Waals surface area contributed by atoms with Gasteiger partial charge in [-0.15, -0.1) is 0 Å². The Morgan fingerprint density at radius 2 is 1.90 bits per heavy atom. The zero-order valence-corrected chi connectivity index (χ0v) is 13.3. The van der Waals surface area contributed by atoms with Crippen LogP contribution in [0.1, 0.15) is 0 Å². The van der Waals surface area contributed by atoms with Crippen LogP contribution in [0, 0.1) is 0 Å². The van der Waals surface area contributed by atoms with Crippen molar-refractivity contribution < 1.29 is 25.8 Å². The average molecular weight is 338 g/mol. The Labute approximate surface area is 120 Å². The Kier molecular flexibility index (Phi) is 3.57. The van der Waals surface area contributed by atoms with E-state index < -0.39 is 29.4 Å². The lowest BCUT2D eigenvalue weighted by Crippen LogP contribution is -2.40. The third-order valence-electron chi connectivity index (χ3n) is 2.75. The minimum absolute atomic E-state index is 0.0442. The van der Waals surface area contributed by atoms with Crippen molar-refractivity contribution in [3.8, 4) is 5.75 Å². The molecule has 2 heterocycles. The summed E-state index contributed by atoms with van der Waals surface area (Å²) in [5.74, 6) is -0.445. The van der Waals surface area contributed by atoms with Gasteiger partial charge in [0.1, 0.15) is 8.07 Å². The second-order valence-corrected chi connectivity index (χ2v) is 12.0. The number of alkyl halides is 3. The number of rotatable bonds is 3. The second-order valence-electron chi connectivity index (χ2n) is 5.44. The molecule has 0 saturated heterocycles. The molecule has 0 N–H and O–H groups in total. The van der Waals surface area contributed by atoms with Crippen molar-refractivity contribution in [1.82, 2.24) is 9.38 Å². The highest BCUT2D eigenvalue weighted by Crippen LogP contribution is 2.28. The van der Waals surface area contributed by atoms with Crippen molar-refractivity contribution in [3.63, 3.8) is 0 Å². The Hall–Kier alpha value is -1.55. The molecule has 0 amide bonds. The highest BCUT2D eigenvalue weighted by atomic mass is 32.2. The fraction of sp³-hybridized carbons (Fsp3) is 0.364. The van der Waals surface area contributed by atoms with Gasteiger partial charge in [0.15, 0.2) is 11.4 Å². The van der Waals surface area contributed by atoms with Gasteiger partial charge in [-0.05, 0) is 12.1 Å². The number of hydrogen-bond donors (Lipinski definition) is 0. The van der Waals surface area contributed by atoms with Crippen LogP contribution < -0.4 is 9.50 Å². The zero-order chi connectivity index (χ0) is 16.1. The van der Waals surface area contributed by atoms with E-state index in [4.69, 9.17) is 0 Å². The third kappa shape index (κ3) is 2.90. The Balaban J connectivity index is 2.56. The molecule has 0 saturated carbocycles. The molecule has 116 valence electrons. The molecule has 0 aliphatic carbocycles. The van der Waals surface area contributed by atoms with Crippen LogP contribution in [-0.4, -0.2) is 31.4 Å². The van der Waals surface area contributed by atoms with Gasteiger partial charge in [-0.25, -0.2) is 4.98 Å². The van der Waals surface area contributed by atoms with Gasteiger partial charge in [0.05, 0.1) is 0 Å². The van der Waals surface area contributed by atoms with Crippen LogP contribution in [-0.2, 0) is 10.1 Å². The van der Waals surface area contributed by atoms with Gasteiger partial charge in [-0.3, -0.25) is 0 Å². The van der Waals surface area contributed by atoms with Gasteiger partial charge in [-0.2, -0.15) is 21.6 Å². The molecule has 0 aromatic carbocycles. The molecule has 0 atom stereocenters. The van der Waals surface area contributed by atoms with E-state index in [2.05, 4.69) is 9.17 Å². The summed E-state index contributed by atoms with van der Waals surface area (Å²) < 4.78 is 65.1. The van der Waals surface area contributed by atoms with Gasteiger partial charge in [-0.1, -0.05) is 19.6 Å². The normalized spacial score (nSPS) is 13.6. The Morgan fingerprint density at radius 3 is 2.43 bits per heavy atom. The van der Waals surface area contributed by atoms with Gasteiger partial charge in [0.25, 0.3) is 0 Å². The lowest BCUT2D eigenvalue weighted by Gasteiger charge is -2.15. The summed E-state index contributed by atoms with van der Waals surface area (Å²) in [4.78, 5) is 3.99. The molecule has 2 aromatic heterocycles. The topological polar surface area (TPSA) is 60.7 Å². The van der Waals surface area contributed by atoms with Crippen molar-refractivity contribution >= 4 is 29.2 Å². The summed E-state index contributed by atoms with van der Waals surface area (Å²) in [5.41, 5.74) is -5.43. The maximum absolute atomic E-state index is 12.4. The molecular weight excluding hydrogens is 325 g/mol. The van der Waals surface area contributed by atoms with Gasteiger partial charge in [0, 0.05) is 17.7 Å². The number of nitrogens with zero attached hydrogens (tertiary/aromatic N) is 2. The van der Waals surface area contributed by atoms with Crippen LogP contribution in [0.2, 0.25) is 19.6 Å². The SMILES string of the molecule is C[Si](C)(C)c1cnc2c(OS(=O)(=O)C(F)(F)F)cccn12. The van der Waals surface area contributed by atoms with Gasteiger partial charge >= 0.3 is 15.6 Å². The molecule has 0 aliphatic heterocycles. The molecule has 0 unspecified atom stereocenters. The predicted octanol–water partition coefficient (Wildman–Crippen LogP) is 2.11. The molecule has 2 aromatic rings. The molecule has 0 aliphatic rings. The maximum atomic E-state index is 12.4. The Bertz CT molecular complexity index is 778. The highest BCUT2D eigenvalue weighted by molar-refractivity contribution is 7.88. The Morgan fingerprint density at radius 1 is 1.29 bits per heavy atom. The smallest absolute Gasteiger partial charge is 0.372 e. The van der Waals surface area contributed by atoms with Crippen LogP contribution >= 0.6 is 0 Å². The quantitative estimate of drug-likeness (QED) is 0.489. The van der Waals surface area contributed by atoms with Crippen LogP contribution in [0.15, 0.2) is 24.5 Å². The first-order valence-electron chi connectivity index (χ1n) is 5.91. The summed E-state index contributed by atoms with van der Waals surface area (Å²) in [6, 6.07) is 2.55. The van der Waals surface area contributed by atoms with Crippen molar-refractivity contribution in [3.05, 3.63) is 24.5 Å². The van der Waals surface area contributed by atoms with E-state index in [-0.39, 0.29) is 5.65 Å². The lowest BCUT2D eigenvalue weighted by molar-refractivity contribution is -0.0499. The summed E-state index contributed by atoms with van der Waals surface area (Å²) in [6.45, 7) is 6.11. The molecule has 2 rings (SSSR count). The van der Waals surface area contributed by atoms with E-state index in [0.29, 0.717) is 0 Å². The summed E-state index contributed by atoms with van der Waals surface area (Å²) in [7, 11) is -7.50. The fourth-order valence-corrected chi connectivity index (χ4v) is 3.59. The zero-order valence-electron chi connectivity index (χ0n) is 11.5. The van der Waals surface area contributed by atoms with Crippen molar-refractivity contribution in [2.45, 2.75) is 25.1 Å². The summed E-state index contributed by atoms with van der Waals surface area (Å²) in [6.07, 6.45) is 3.15. The first-order chi connectivity index (χ1) is 9.43. The molecule has 0 spiro atoms. The number of aromatic nitrogens is 2. The minimum atomic E-state index is -5.71. The summed E-state index contributed by atoms with van der Waals surface area (Å²) in [5, 5.41) is 0.854. The molecule has 0 bridgehead atoms. The van der Waals surface area contributed by atoms with Crippen molar-refractivity contribution in [2.24, 2.45) is 0 Å². The molecule has 21 heavy (non-hydrogen) atoms.